The fraction of sp³-hybridized carbons (Fsp3) is 0.476. The number of nitrogens with one attached hydrogen (secondary N) is 1. The van der Waals surface area contributed by atoms with Crippen LogP contribution in [0.3, 0.4) is 0 Å². The Balaban J connectivity index is 1.41. The van der Waals surface area contributed by atoms with Gasteiger partial charge in [-0.25, -0.2) is 0 Å². The van der Waals surface area contributed by atoms with Crippen LogP contribution in [0.1, 0.15) is 44.2 Å². The fourth-order valence-electron chi connectivity index (χ4n) is 4.32. The highest BCUT2D eigenvalue weighted by Crippen LogP contribution is 2.34. The van der Waals surface area contributed by atoms with Gasteiger partial charge in [-0.15, -0.1) is 0 Å². The second-order valence-corrected chi connectivity index (χ2v) is 7.53. The summed E-state index contributed by atoms with van der Waals surface area (Å²) in [5, 5.41) is 7.45. The van der Waals surface area contributed by atoms with E-state index in [1.807, 2.05) is 36.2 Å². The molecular weight excluding hydrogens is 340 g/mol. The van der Waals surface area contributed by atoms with E-state index >= 15 is 0 Å². The summed E-state index contributed by atoms with van der Waals surface area (Å²) in [5.74, 6) is 0.558. The number of likely N-dealkylation sites (tertiary alicyclic amines) is 2. The molecule has 0 spiro atoms. The molecular formula is C21H26N4O2. The Kier molecular flexibility index (Phi) is 4.97. The Morgan fingerprint density at radius 3 is 2.59 bits per heavy atom. The van der Waals surface area contributed by atoms with E-state index in [0.29, 0.717) is 18.9 Å². The molecule has 1 atom stereocenters. The van der Waals surface area contributed by atoms with E-state index < -0.39 is 0 Å². The van der Waals surface area contributed by atoms with Crippen molar-refractivity contribution in [1.82, 2.24) is 20.0 Å². The van der Waals surface area contributed by atoms with Crippen molar-refractivity contribution in [1.29, 1.82) is 0 Å². The number of hydrogen-bond acceptors (Lipinski definition) is 3. The summed E-state index contributed by atoms with van der Waals surface area (Å²) in [6.07, 6.45) is 5.15. The number of nitrogens with zero attached hydrogens (tertiary/aromatic N) is 3. The normalized spacial score (nSPS) is 19.5. The van der Waals surface area contributed by atoms with Crippen LogP contribution in [0.2, 0.25) is 0 Å². The van der Waals surface area contributed by atoms with Crippen LogP contribution in [0.15, 0.2) is 36.5 Å². The fourth-order valence-corrected chi connectivity index (χ4v) is 4.32. The van der Waals surface area contributed by atoms with Gasteiger partial charge in [-0.3, -0.25) is 14.7 Å². The van der Waals surface area contributed by atoms with Crippen LogP contribution in [0.5, 0.6) is 0 Å². The van der Waals surface area contributed by atoms with E-state index in [4.69, 9.17) is 0 Å². The number of aromatic amines is 1. The van der Waals surface area contributed by atoms with Crippen molar-refractivity contribution in [2.75, 3.05) is 19.6 Å². The summed E-state index contributed by atoms with van der Waals surface area (Å²) < 4.78 is 0. The molecule has 4 rings (SSSR count). The molecule has 0 radical (unpaired) electrons. The molecule has 2 aliphatic heterocycles. The molecule has 142 valence electrons. The average molecular weight is 366 g/mol. The van der Waals surface area contributed by atoms with Crippen LogP contribution in [-0.2, 0) is 9.59 Å². The van der Waals surface area contributed by atoms with E-state index in [9.17, 15) is 9.59 Å². The third-order valence-electron chi connectivity index (χ3n) is 5.90. The smallest absolute Gasteiger partial charge is 0.245 e. The molecule has 6 nitrogen and oxygen atoms in total. The van der Waals surface area contributed by atoms with Crippen LogP contribution in [0.4, 0.5) is 0 Å². The molecule has 1 aromatic carbocycles. The van der Waals surface area contributed by atoms with Gasteiger partial charge in [0.15, 0.2) is 0 Å². The summed E-state index contributed by atoms with van der Waals surface area (Å²) in [5.41, 5.74) is 3.48. The third kappa shape index (κ3) is 3.48. The minimum absolute atomic E-state index is 0.0802. The zero-order chi connectivity index (χ0) is 18.8. The molecule has 6 heteroatoms. The molecule has 3 heterocycles. The zero-order valence-electron chi connectivity index (χ0n) is 15.7. The van der Waals surface area contributed by atoms with Crippen LogP contribution < -0.4 is 0 Å². The van der Waals surface area contributed by atoms with E-state index in [2.05, 4.69) is 22.3 Å². The Bertz CT molecular complexity index is 809. The molecule has 2 amide bonds. The summed E-state index contributed by atoms with van der Waals surface area (Å²) in [4.78, 5) is 28.4. The first-order valence-electron chi connectivity index (χ1n) is 9.82. The second kappa shape index (κ2) is 7.55. The van der Waals surface area contributed by atoms with Crippen LogP contribution in [-0.4, -0.2) is 57.5 Å². The van der Waals surface area contributed by atoms with E-state index in [-0.39, 0.29) is 17.9 Å². The number of rotatable bonds is 4. The molecule has 1 N–H and O–H groups in total. The first-order valence-corrected chi connectivity index (χ1v) is 9.82. The summed E-state index contributed by atoms with van der Waals surface area (Å²) in [7, 11) is 0. The maximum atomic E-state index is 12.8. The highest BCUT2D eigenvalue weighted by atomic mass is 16.2. The first-order chi connectivity index (χ1) is 13.1. The van der Waals surface area contributed by atoms with Gasteiger partial charge in [0.25, 0.3) is 0 Å². The molecule has 1 aromatic heterocycles. The lowest BCUT2D eigenvalue weighted by molar-refractivity contribution is -0.143. The lowest BCUT2D eigenvalue weighted by Crippen LogP contribution is -2.49. The van der Waals surface area contributed by atoms with Crippen molar-refractivity contribution in [2.24, 2.45) is 0 Å². The predicted molar refractivity (Wildman–Crippen MR) is 103 cm³/mol. The molecule has 2 aromatic rings. The number of benzene rings is 1. The number of piperidine rings is 1. The van der Waals surface area contributed by atoms with Crippen LogP contribution in [0.25, 0.3) is 11.1 Å². The summed E-state index contributed by atoms with van der Waals surface area (Å²) in [6.45, 7) is 4.02. The SMILES string of the molecule is C[C@@H](C(=O)N1CCC(c2[nH]ncc2-c2ccccc2)CC1)N1CCCC1=O. The van der Waals surface area contributed by atoms with E-state index in [1.54, 1.807) is 4.90 Å². The maximum Gasteiger partial charge on any atom is 0.245 e. The van der Waals surface area contributed by atoms with Gasteiger partial charge >= 0.3 is 0 Å². The number of amides is 2. The molecule has 2 fully saturated rings. The van der Waals surface area contributed by atoms with Crippen molar-refractivity contribution in [2.45, 2.75) is 44.6 Å². The molecule has 0 bridgehead atoms. The predicted octanol–water partition coefficient (Wildman–Crippen LogP) is 2.79. The van der Waals surface area contributed by atoms with Crippen LogP contribution >= 0.6 is 0 Å². The Morgan fingerprint density at radius 2 is 1.93 bits per heavy atom. The average Bonchev–Trinajstić information content (AvgIpc) is 3.37. The lowest BCUT2D eigenvalue weighted by Gasteiger charge is -2.35. The number of hydrogen-bond donors (Lipinski definition) is 1. The Hall–Kier alpha value is -2.63. The number of aromatic nitrogens is 2. The van der Waals surface area contributed by atoms with Gasteiger partial charge in [0.1, 0.15) is 6.04 Å². The topological polar surface area (TPSA) is 69.3 Å². The maximum absolute atomic E-state index is 12.8. The lowest BCUT2D eigenvalue weighted by atomic mass is 9.89. The molecule has 0 saturated carbocycles. The van der Waals surface area contributed by atoms with E-state index in [1.165, 1.54) is 5.56 Å². The van der Waals surface area contributed by atoms with Crippen molar-refractivity contribution >= 4 is 11.8 Å². The van der Waals surface area contributed by atoms with Gasteiger partial charge in [0.2, 0.25) is 11.8 Å². The van der Waals surface area contributed by atoms with Gasteiger partial charge in [0.05, 0.1) is 6.20 Å². The molecule has 0 aliphatic carbocycles. The van der Waals surface area contributed by atoms with Gasteiger partial charge < -0.3 is 9.80 Å². The Morgan fingerprint density at radius 1 is 1.19 bits per heavy atom. The highest BCUT2D eigenvalue weighted by molar-refractivity contribution is 5.88. The largest absolute Gasteiger partial charge is 0.341 e. The third-order valence-corrected chi connectivity index (χ3v) is 5.90. The van der Waals surface area contributed by atoms with Gasteiger partial charge in [-0.2, -0.15) is 5.10 Å². The minimum atomic E-state index is -0.344. The second-order valence-electron chi connectivity index (χ2n) is 7.53. The van der Waals surface area contributed by atoms with E-state index in [0.717, 1.165) is 43.6 Å². The Labute approximate surface area is 159 Å². The zero-order valence-corrected chi connectivity index (χ0v) is 15.7. The van der Waals surface area contributed by atoms with Crippen LogP contribution in [0, 0.1) is 0 Å². The summed E-state index contributed by atoms with van der Waals surface area (Å²) in [6, 6.07) is 9.94. The first kappa shape index (κ1) is 17.8. The highest BCUT2D eigenvalue weighted by Gasteiger charge is 2.34. The monoisotopic (exact) mass is 366 g/mol. The molecule has 2 saturated heterocycles. The van der Waals surface area contributed by atoms with Crippen molar-refractivity contribution in [3.63, 3.8) is 0 Å². The van der Waals surface area contributed by atoms with Gasteiger partial charge in [-0.05, 0) is 31.7 Å². The molecule has 0 unspecified atom stereocenters. The minimum Gasteiger partial charge on any atom is -0.341 e. The van der Waals surface area contributed by atoms with Crippen molar-refractivity contribution in [3.05, 3.63) is 42.2 Å². The quantitative estimate of drug-likeness (QED) is 0.905. The van der Waals surface area contributed by atoms with Crippen molar-refractivity contribution < 1.29 is 9.59 Å². The number of carbonyl (C=O) groups excluding carboxylic acids is 2. The standard InChI is InChI=1S/C21H26N4O2/c1-15(25-11-5-8-19(25)26)21(27)24-12-9-17(10-13-24)20-18(14-22-23-20)16-6-3-2-4-7-16/h2-4,6-7,14-15,17H,5,8-13H2,1H3,(H,22,23)/t15-/m0/s1. The number of carbonyl (C=O) groups is 2. The van der Waals surface area contributed by atoms with Gasteiger partial charge in [-0.1, -0.05) is 30.3 Å². The number of H-pyrrole nitrogens is 1. The molecule has 2 aliphatic rings. The van der Waals surface area contributed by atoms with Gasteiger partial charge in [0, 0.05) is 43.2 Å². The summed E-state index contributed by atoms with van der Waals surface area (Å²) >= 11 is 0. The molecule has 27 heavy (non-hydrogen) atoms. The van der Waals surface area contributed by atoms with Crippen molar-refractivity contribution in [3.8, 4) is 11.1 Å².